The summed E-state index contributed by atoms with van der Waals surface area (Å²) >= 11 is 0. The molecule has 1 aromatic rings. The molecule has 0 aliphatic heterocycles. The van der Waals surface area contributed by atoms with Gasteiger partial charge in [0.05, 0.1) is 12.6 Å². The van der Waals surface area contributed by atoms with Crippen LogP contribution in [0.15, 0.2) is 47.7 Å². The highest BCUT2D eigenvalue weighted by molar-refractivity contribution is 5.72. The number of allylic oxidation sites excluding steroid dienone is 4. The topological polar surface area (TPSA) is 28.1 Å². The standard InChI is InChI=1S/C14H10N2/c1-16-14(10-15)13-8-7-12(9-13)11-5-3-2-4-6-11/h2-6,9H,7-8H2/b14-13+. The Hall–Kier alpha value is -2.32. The van der Waals surface area contributed by atoms with E-state index < -0.39 is 0 Å². The molecule has 2 heteroatoms. The zero-order chi connectivity index (χ0) is 11.4. The maximum absolute atomic E-state index is 8.79. The van der Waals surface area contributed by atoms with Gasteiger partial charge in [0.15, 0.2) is 0 Å². The van der Waals surface area contributed by atoms with Crippen molar-refractivity contribution in [1.29, 1.82) is 5.26 Å². The third-order valence-electron chi connectivity index (χ3n) is 2.68. The van der Waals surface area contributed by atoms with Crippen molar-refractivity contribution in [2.75, 3.05) is 0 Å². The lowest BCUT2D eigenvalue weighted by Gasteiger charge is -1.99. The fourth-order valence-corrected chi connectivity index (χ4v) is 1.86. The Morgan fingerprint density at radius 2 is 2.00 bits per heavy atom. The molecule has 76 valence electrons. The van der Waals surface area contributed by atoms with Gasteiger partial charge >= 0.3 is 0 Å². The van der Waals surface area contributed by atoms with Gasteiger partial charge in [-0.2, -0.15) is 0 Å². The van der Waals surface area contributed by atoms with Crippen LogP contribution in [0.1, 0.15) is 18.4 Å². The predicted octanol–water partition coefficient (Wildman–Crippen LogP) is 3.56. The molecule has 0 amide bonds. The maximum atomic E-state index is 8.79. The van der Waals surface area contributed by atoms with E-state index >= 15 is 0 Å². The molecule has 0 heterocycles. The number of rotatable bonds is 1. The van der Waals surface area contributed by atoms with Crippen molar-refractivity contribution in [3.63, 3.8) is 0 Å². The van der Waals surface area contributed by atoms with Crippen LogP contribution in [0, 0.1) is 17.9 Å². The van der Waals surface area contributed by atoms with Crippen LogP contribution < -0.4 is 0 Å². The SMILES string of the molecule is [C-]#[N+]/C(C#N)=C1/C=C(c2ccccc2)CC1. The minimum absolute atomic E-state index is 0.228. The zero-order valence-electron chi connectivity index (χ0n) is 8.77. The molecule has 0 atom stereocenters. The van der Waals surface area contributed by atoms with Gasteiger partial charge in [0.25, 0.3) is 5.70 Å². The van der Waals surface area contributed by atoms with Gasteiger partial charge in [-0.1, -0.05) is 36.4 Å². The van der Waals surface area contributed by atoms with E-state index in [0.29, 0.717) is 0 Å². The minimum atomic E-state index is 0.228. The van der Waals surface area contributed by atoms with E-state index in [1.165, 1.54) is 11.1 Å². The van der Waals surface area contributed by atoms with Crippen LogP contribution >= 0.6 is 0 Å². The van der Waals surface area contributed by atoms with E-state index in [-0.39, 0.29) is 5.70 Å². The summed E-state index contributed by atoms with van der Waals surface area (Å²) in [5.41, 5.74) is 3.49. The molecule has 0 fully saturated rings. The van der Waals surface area contributed by atoms with Crippen molar-refractivity contribution in [1.82, 2.24) is 0 Å². The molecular formula is C14H10N2. The van der Waals surface area contributed by atoms with Gasteiger partial charge < -0.3 is 0 Å². The van der Waals surface area contributed by atoms with Crippen molar-refractivity contribution >= 4 is 5.57 Å². The Kier molecular flexibility index (Phi) is 2.85. The highest BCUT2D eigenvalue weighted by Gasteiger charge is 2.14. The summed E-state index contributed by atoms with van der Waals surface area (Å²) in [6, 6.07) is 12.0. The third-order valence-corrected chi connectivity index (χ3v) is 2.68. The lowest BCUT2D eigenvalue weighted by Crippen LogP contribution is -1.77. The summed E-state index contributed by atoms with van der Waals surface area (Å²) in [4.78, 5) is 3.24. The molecule has 0 unspecified atom stereocenters. The third kappa shape index (κ3) is 1.87. The number of hydrogen-bond donors (Lipinski definition) is 0. The van der Waals surface area contributed by atoms with Crippen LogP contribution in [-0.2, 0) is 0 Å². The number of benzene rings is 1. The van der Waals surface area contributed by atoms with Crippen LogP contribution in [-0.4, -0.2) is 0 Å². The maximum Gasteiger partial charge on any atom is 0.265 e. The fourth-order valence-electron chi connectivity index (χ4n) is 1.86. The Morgan fingerprint density at radius 1 is 1.25 bits per heavy atom. The highest BCUT2D eigenvalue weighted by Crippen LogP contribution is 2.32. The van der Waals surface area contributed by atoms with Gasteiger partial charge in [-0.05, 0) is 29.6 Å². The van der Waals surface area contributed by atoms with Crippen molar-refractivity contribution < 1.29 is 0 Å². The summed E-state index contributed by atoms with van der Waals surface area (Å²) < 4.78 is 0. The first kappa shape index (κ1) is 10.2. The van der Waals surface area contributed by atoms with E-state index in [4.69, 9.17) is 11.8 Å². The summed E-state index contributed by atoms with van der Waals surface area (Å²) in [5, 5.41) is 8.79. The number of hydrogen-bond acceptors (Lipinski definition) is 1. The lowest BCUT2D eigenvalue weighted by molar-refractivity contribution is 1.06. The van der Waals surface area contributed by atoms with Crippen LogP contribution in [0.3, 0.4) is 0 Å². The largest absolute Gasteiger partial charge is 0.265 e. The van der Waals surface area contributed by atoms with Crippen LogP contribution in [0.4, 0.5) is 0 Å². The minimum Gasteiger partial charge on any atom is -0.226 e. The van der Waals surface area contributed by atoms with Gasteiger partial charge in [0.1, 0.15) is 0 Å². The molecule has 1 aliphatic carbocycles. The average molecular weight is 206 g/mol. The van der Waals surface area contributed by atoms with Gasteiger partial charge in [-0.25, -0.2) is 10.1 Å². The highest BCUT2D eigenvalue weighted by atomic mass is 14.7. The van der Waals surface area contributed by atoms with Crippen LogP contribution in [0.2, 0.25) is 0 Å². The summed E-state index contributed by atoms with van der Waals surface area (Å²) in [6.45, 7) is 6.91. The van der Waals surface area contributed by atoms with E-state index in [1.54, 1.807) is 0 Å². The molecule has 0 saturated carbocycles. The molecule has 2 rings (SSSR count). The molecule has 1 aliphatic rings. The van der Waals surface area contributed by atoms with Crippen molar-refractivity contribution in [2.45, 2.75) is 12.8 Å². The first-order chi connectivity index (χ1) is 7.85. The smallest absolute Gasteiger partial charge is 0.226 e. The molecule has 0 aromatic heterocycles. The van der Waals surface area contributed by atoms with Gasteiger partial charge in [-0.3, -0.25) is 0 Å². The van der Waals surface area contributed by atoms with Gasteiger partial charge in [0, 0.05) is 0 Å². The van der Waals surface area contributed by atoms with Crippen molar-refractivity contribution in [3.8, 4) is 6.07 Å². The lowest BCUT2D eigenvalue weighted by atomic mass is 10.1. The number of nitrogens with zero attached hydrogens (tertiary/aromatic N) is 2. The summed E-state index contributed by atoms with van der Waals surface area (Å²) in [6.07, 6.45) is 3.70. The zero-order valence-corrected chi connectivity index (χ0v) is 8.77. The molecular weight excluding hydrogens is 196 g/mol. The molecule has 2 nitrogen and oxygen atoms in total. The van der Waals surface area contributed by atoms with Gasteiger partial charge in [0.2, 0.25) is 0 Å². The first-order valence-corrected chi connectivity index (χ1v) is 5.12. The number of nitriles is 1. The van der Waals surface area contributed by atoms with E-state index in [1.807, 2.05) is 30.3 Å². The fraction of sp³-hybridized carbons (Fsp3) is 0.143. The second-order valence-electron chi connectivity index (χ2n) is 3.63. The van der Waals surface area contributed by atoms with E-state index in [9.17, 15) is 0 Å². The molecule has 0 N–H and O–H groups in total. The van der Waals surface area contributed by atoms with Crippen LogP contribution in [0.25, 0.3) is 10.4 Å². The van der Waals surface area contributed by atoms with Crippen molar-refractivity contribution in [2.24, 2.45) is 0 Å². The second-order valence-corrected chi connectivity index (χ2v) is 3.63. The summed E-state index contributed by atoms with van der Waals surface area (Å²) in [7, 11) is 0. The Labute approximate surface area is 95.0 Å². The normalized spacial score (nSPS) is 17.2. The Balaban J connectivity index is 2.37. The quantitative estimate of drug-likeness (QED) is 0.510. The predicted molar refractivity (Wildman–Crippen MR) is 62.9 cm³/mol. The molecule has 0 bridgehead atoms. The Bertz CT molecular complexity index is 520. The second kappa shape index (κ2) is 4.47. The molecule has 0 saturated heterocycles. The van der Waals surface area contributed by atoms with Crippen molar-refractivity contribution in [3.05, 3.63) is 64.7 Å². The van der Waals surface area contributed by atoms with Gasteiger partial charge in [-0.15, -0.1) is 0 Å². The van der Waals surface area contributed by atoms with E-state index in [2.05, 4.69) is 17.0 Å². The summed E-state index contributed by atoms with van der Waals surface area (Å²) in [5.74, 6) is 0. The molecule has 1 aromatic carbocycles. The average Bonchev–Trinajstić information content (AvgIpc) is 2.81. The Morgan fingerprint density at radius 3 is 2.62 bits per heavy atom. The molecule has 0 spiro atoms. The first-order valence-electron chi connectivity index (χ1n) is 5.12. The monoisotopic (exact) mass is 206 g/mol. The van der Waals surface area contributed by atoms with E-state index in [0.717, 1.165) is 18.4 Å². The molecule has 0 radical (unpaired) electrons. The molecule has 16 heavy (non-hydrogen) atoms. The van der Waals surface area contributed by atoms with Crippen LogP contribution in [0.5, 0.6) is 0 Å².